The van der Waals surface area contributed by atoms with Crippen molar-refractivity contribution in [3.8, 4) is 0 Å². The first kappa shape index (κ1) is 12.1. The third kappa shape index (κ3) is 2.32. The second-order valence-electron chi connectivity index (χ2n) is 4.02. The van der Waals surface area contributed by atoms with Crippen LogP contribution in [0.2, 0.25) is 0 Å². The lowest BCUT2D eigenvalue weighted by molar-refractivity contribution is -0.117. The molecule has 0 aliphatic carbocycles. The quantitative estimate of drug-likeness (QED) is 0.607. The topological polar surface area (TPSA) is 33.2 Å². The minimum Gasteiger partial charge on any atom is -0.296 e. The Morgan fingerprint density at radius 2 is 2.44 bits per heavy atom. The molecule has 1 fully saturated rings. The van der Waals surface area contributed by atoms with E-state index in [0.717, 1.165) is 15.0 Å². The second-order valence-corrected chi connectivity index (χ2v) is 5.58. The molecular formula is C11H12ClIN2O. The largest absolute Gasteiger partial charge is 0.296 e. The predicted molar refractivity (Wildman–Crippen MR) is 72.9 cm³/mol. The molecule has 0 saturated carbocycles. The van der Waals surface area contributed by atoms with Gasteiger partial charge in [0, 0.05) is 28.6 Å². The normalized spacial score (nSPS) is 20.6. The molecule has 1 unspecified atom stereocenters. The molecular weight excluding hydrogens is 338 g/mol. The smallest absolute Gasteiger partial charge is 0.228 e. The first-order valence-electron chi connectivity index (χ1n) is 5.10. The fraction of sp³-hybridized carbons (Fsp3) is 0.455. The standard InChI is InChI=1S/C11H12ClIN2O/c1-7-2-9(13)5-14-11(7)15-6-8(4-12)3-10(15)16/h2,5,8H,3-4,6H2,1H3. The van der Waals surface area contributed by atoms with E-state index in [4.69, 9.17) is 11.6 Å². The first-order valence-corrected chi connectivity index (χ1v) is 6.71. The summed E-state index contributed by atoms with van der Waals surface area (Å²) in [5, 5.41) is 0. The summed E-state index contributed by atoms with van der Waals surface area (Å²) in [5.74, 6) is 1.70. The Kier molecular flexibility index (Phi) is 3.69. The number of nitrogens with zero attached hydrogens (tertiary/aromatic N) is 2. The molecule has 5 heteroatoms. The number of amides is 1. The molecule has 0 bridgehead atoms. The SMILES string of the molecule is Cc1cc(I)cnc1N1CC(CCl)CC1=O. The van der Waals surface area contributed by atoms with Crippen molar-refractivity contribution in [3.63, 3.8) is 0 Å². The van der Waals surface area contributed by atoms with E-state index in [9.17, 15) is 4.79 Å². The molecule has 1 atom stereocenters. The summed E-state index contributed by atoms with van der Waals surface area (Å²) in [6, 6.07) is 2.03. The average Bonchev–Trinajstić information content (AvgIpc) is 2.60. The van der Waals surface area contributed by atoms with E-state index >= 15 is 0 Å². The van der Waals surface area contributed by atoms with Crippen LogP contribution in [0.5, 0.6) is 0 Å². The van der Waals surface area contributed by atoms with Gasteiger partial charge in [0.15, 0.2) is 0 Å². The van der Waals surface area contributed by atoms with Gasteiger partial charge in [-0.3, -0.25) is 9.69 Å². The van der Waals surface area contributed by atoms with Crippen LogP contribution in [-0.2, 0) is 4.79 Å². The van der Waals surface area contributed by atoms with Gasteiger partial charge in [-0.05, 0) is 47.1 Å². The van der Waals surface area contributed by atoms with Gasteiger partial charge >= 0.3 is 0 Å². The molecule has 1 aromatic rings. The van der Waals surface area contributed by atoms with Crippen LogP contribution >= 0.6 is 34.2 Å². The predicted octanol–water partition coefficient (Wildman–Crippen LogP) is 2.59. The third-order valence-electron chi connectivity index (χ3n) is 2.70. The Hall–Kier alpha value is -0.360. The van der Waals surface area contributed by atoms with Gasteiger partial charge in [-0.1, -0.05) is 0 Å². The van der Waals surface area contributed by atoms with Crippen molar-refractivity contribution in [1.29, 1.82) is 0 Å². The Balaban J connectivity index is 2.28. The molecule has 2 rings (SSSR count). The van der Waals surface area contributed by atoms with Crippen molar-refractivity contribution in [2.45, 2.75) is 13.3 Å². The zero-order valence-corrected chi connectivity index (χ0v) is 11.8. The van der Waals surface area contributed by atoms with E-state index in [1.165, 1.54) is 0 Å². The first-order chi connectivity index (χ1) is 7.61. The Labute approximate surface area is 113 Å². The highest BCUT2D eigenvalue weighted by Gasteiger charge is 2.31. The van der Waals surface area contributed by atoms with Gasteiger partial charge < -0.3 is 0 Å². The average molecular weight is 351 g/mol. The molecule has 1 aliphatic rings. The monoisotopic (exact) mass is 350 g/mol. The maximum Gasteiger partial charge on any atom is 0.228 e. The number of pyridine rings is 1. The van der Waals surface area contributed by atoms with E-state index in [2.05, 4.69) is 27.6 Å². The van der Waals surface area contributed by atoms with Crippen LogP contribution in [0.1, 0.15) is 12.0 Å². The zero-order chi connectivity index (χ0) is 11.7. The minimum absolute atomic E-state index is 0.127. The molecule has 0 radical (unpaired) electrons. The summed E-state index contributed by atoms with van der Waals surface area (Å²) >= 11 is 8.01. The summed E-state index contributed by atoms with van der Waals surface area (Å²) in [6.07, 6.45) is 2.32. The third-order valence-corrected chi connectivity index (χ3v) is 3.72. The number of halogens is 2. The van der Waals surface area contributed by atoms with Crippen molar-refractivity contribution in [2.24, 2.45) is 5.92 Å². The number of hydrogen-bond acceptors (Lipinski definition) is 2. The number of carbonyl (C=O) groups is 1. The van der Waals surface area contributed by atoms with Crippen molar-refractivity contribution in [3.05, 3.63) is 21.4 Å². The molecule has 86 valence electrons. The van der Waals surface area contributed by atoms with Gasteiger partial charge in [-0.2, -0.15) is 0 Å². The fourth-order valence-corrected chi connectivity index (χ4v) is 2.72. The van der Waals surface area contributed by atoms with E-state index in [-0.39, 0.29) is 11.8 Å². The van der Waals surface area contributed by atoms with Crippen LogP contribution in [0.3, 0.4) is 0 Å². The van der Waals surface area contributed by atoms with Gasteiger partial charge in [-0.15, -0.1) is 11.6 Å². The van der Waals surface area contributed by atoms with Crippen LogP contribution in [0.4, 0.5) is 5.82 Å². The number of aromatic nitrogens is 1. The van der Waals surface area contributed by atoms with Gasteiger partial charge in [0.05, 0.1) is 0 Å². The number of carbonyl (C=O) groups excluding carboxylic acids is 1. The van der Waals surface area contributed by atoms with E-state index in [0.29, 0.717) is 18.8 Å². The molecule has 0 N–H and O–H groups in total. The second kappa shape index (κ2) is 4.87. The number of alkyl halides is 1. The van der Waals surface area contributed by atoms with Crippen LogP contribution in [0.25, 0.3) is 0 Å². The fourth-order valence-electron chi connectivity index (χ4n) is 1.91. The van der Waals surface area contributed by atoms with Gasteiger partial charge in [-0.25, -0.2) is 4.98 Å². The highest BCUT2D eigenvalue weighted by atomic mass is 127. The summed E-state index contributed by atoms with van der Waals surface area (Å²) in [7, 11) is 0. The number of aryl methyl sites for hydroxylation is 1. The zero-order valence-electron chi connectivity index (χ0n) is 8.91. The Morgan fingerprint density at radius 1 is 1.69 bits per heavy atom. The molecule has 1 aromatic heterocycles. The molecule has 1 aliphatic heterocycles. The number of anilines is 1. The summed E-state index contributed by atoms with van der Waals surface area (Å²) in [5.41, 5.74) is 1.04. The lowest BCUT2D eigenvalue weighted by atomic mass is 10.1. The maximum absolute atomic E-state index is 11.8. The van der Waals surface area contributed by atoms with Crippen LogP contribution in [0.15, 0.2) is 12.3 Å². The summed E-state index contributed by atoms with van der Waals surface area (Å²) < 4.78 is 1.08. The number of hydrogen-bond donors (Lipinski definition) is 0. The lowest BCUT2D eigenvalue weighted by Gasteiger charge is -2.17. The molecule has 3 nitrogen and oxygen atoms in total. The Bertz CT molecular complexity index is 424. The number of rotatable bonds is 2. The minimum atomic E-state index is 0.127. The Morgan fingerprint density at radius 3 is 3.00 bits per heavy atom. The highest BCUT2D eigenvalue weighted by molar-refractivity contribution is 14.1. The van der Waals surface area contributed by atoms with E-state index in [1.54, 1.807) is 11.1 Å². The van der Waals surface area contributed by atoms with Crippen LogP contribution in [-0.4, -0.2) is 23.3 Å². The van der Waals surface area contributed by atoms with E-state index in [1.807, 2.05) is 13.0 Å². The molecule has 0 spiro atoms. The molecule has 1 amide bonds. The van der Waals surface area contributed by atoms with Gasteiger partial charge in [0.25, 0.3) is 0 Å². The highest BCUT2D eigenvalue weighted by Crippen LogP contribution is 2.27. The van der Waals surface area contributed by atoms with Crippen molar-refractivity contribution >= 4 is 45.9 Å². The lowest BCUT2D eigenvalue weighted by Crippen LogP contribution is -2.26. The molecule has 0 aromatic carbocycles. The van der Waals surface area contributed by atoms with Crippen LogP contribution in [0, 0.1) is 16.4 Å². The maximum atomic E-state index is 11.8. The summed E-state index contributed by atoms with van der Waals surface area (Å²) in [6.45, 7) is 2.67. The van der Waals surface area contributed by atoms with E-state index < -0.39 is 0 Å². The van der Waals surface area contributed by atoms with Crippen molar-refractivity contribution in [2.75, 3.05) is 17.3 Å². The van der Waals surface area contributed by atoms with Gasteiger partial charge in [0.1, 0.15) is 5.82 Å². The molecule has 1 saturated heterocycles. The summed E-state index contributed by atoms with van der Waals surface area (Å²) in [4.78, 5) is 17.9. The van der Waals surface area contributed by atoms with Crippen molar-refractivity contribution in [1.82, 2.24) is 4.98 Å². The van der Waals surface area contributed by atoms with Crippen molar-refractivity contribution < 1.29 is 4.79 Å². The van der Waals surface area contributed by atoms with Gasteiger partial charge in [0.2, 0.25) is 5.91 Å². The van der Waals surface area contributed by atoms with Crippen LogP contribution < -0.4 is 4.90 Å². The molecule has 2 heterocycles. The molecule has 16 heavy (non-hydrogen) atoms.